The third kappa shape index (κ3) is 5.32. The Balaban J connectivity index is 1.71. The largest absolute Gasteiger partial charge is 0.490 e. The van der Waals surface area contributed by atoms with E-state index in [1.165, 1.54) is 0 Å². The predicted octanol–water partition coefficient (Wildman–Crippen LogP) is 4.51. The van der Waals surface area contributed by atoms with Gasteiger partial charge in [0.15, 0.2) is 11.5 Å². The number of hydrogen-bond acceptors (Lipinski definition) is 4. The van der Waals surface area contributed by atoms with Gasteiger partial charge in [-0.1, -0.05) is 32.0 Å². The second-order valence-electron chi connectivity index (χ2n) is 7.37. The maximum Gasteiger partial charge on any atom is 0.254 e. The number of nitrogens with zero attached hydrogens (tertiary/aromatic N) is 1. The van der Waals surface area contributed by atoms with Crippen molar-refractivity contribution >= 4 is 17.5 Å². The van der Waals surface area contributed by atoms with Gasteiger partial charge in [0, 0.05) is 23.9 Å². The highest BCUT2D eigenvalue weighted by molar-refractivity contribution is 6.01. The summed E-state index contributed by atoms with van der Waals surface area (Å²) >= 11 is 0. The first-order chi connectivity index (χ1) is 14.6. The lowest BCUT2D eigenvalue weighted by Crippen LogP contribution is -2.43. The molecular formula is C24H30N2O4. The second kappa shape index (κ2) is 10.7. The molecule has 0 aliphatic carbocycles. The fourth-order valence-electron chi connectivity index (χ4n) is 3.50. The van der Waals surface area contributed by atoms with Gasteiger partial charge in [-0.3, -0.25) is 9.59 Å². The molecule has 6 nitrogen and oxygen atoms in total. The molecule has 2 aromatic carbocycles. The lowest BCUT2D eigenvalue weighted by Gasteiger charge is -2.24. The molecule has 6 heteroatoms. The molecule has 1 aliphatic rings. The highest BCUT2D eigenvalue weighted by atomic mass is 16.5. The van der Waals surface area contributed by atoms with Gasteiger partial charge >= 0.3 is 0 Å². The Labute approximate surface area is 178 Å². The number of nitrogens with one attached hydrogen (secondary N) is 1. The highest BCUT2D eigenvalue weighted by Crippen LogP contribution is 2.31. The van der Waals surface area contributed by atoms with Crippen molar-refractivity contribution in [2.75, 3.05) is 25.1 Å². The van der Waals surface area contributed by atoms with Crippen LogP contribution in [0.15, 0.2) is 48.5 Å². The topological polar surface area (TPSA) is 67.9 Å². The minimum Gasteiger partial charge on any atom is -0.490 e. The molecule has 1 heterocycles. The van der Waals surface area contributed by atoms with Crippen LogP contribution in [0.3, 0.4) is 0 Å². The van der Waals surface area contributed by atoms with Crippen LogP contribution in [0, 0.1) is 0 Å². The van der Waals surface area contributed by atoms with Crippen molar-refractivity contribution in [1.29, 1.82) is 0 Å². The van der Waals surface area contributed by atoms with Gasteiger partial charge in [-0.25, -0.2) is 0 Å². The molecule has 1 atom stereocenters. The third-order valence-electron chi connectivity index (χ3n) is 4.97. The highest BCUT2D eigenvalue weighted by Gasteiger charge is 2.34. The van der Waals surface area contributed by atoms with Crippen LogP contribution in [0.5, 0.6) is 11.5 Å². The van der Waals surface area contributed by atoms with E-state index in [4.69, 9.17) is 9.47 Å². The van der Waals surface area contributed by atoms with E-state index in [1.807, 2.05) is 38.1 Å². The Morgan fingerprint density at radius 3 is 2.40 bits per heavy atom. The van der Waals surface area contributed by atoms with Gasteiger partial charge in [0.05, 0.1) is 13.2 Å². The summed E-state index contributed by atoms with van der Waals surface area (Å²) in [6.45, 7) is 5.84. The second-order valence-corrected chi connectivity index (χ2v) is 7.37. The van der Waals surface area contributed by atoms with Crippen LogP contribution in [0.25, 0.3) is 0 Å². The van der Waals surface area contributed by atoms with Gasteiger partial charge in [0.2, 0.25) is 5.91 Å². The summed E-state index contributed by atoms with van der Waals surface area (Å²) in [5.74, 6) is 1.00. The summed E-state index contributed by atoms with van der Waals surface area (Å²) < 4.78 is 11.6. The molecule has 0 bridgehead atoms. The Bertz CT molecular complexity index is 854. The van der Waals surface area contributed by atoms with Crippen LogP contribution in [-0.2, 0) is 4.79 Å². The monoisotopic (exact) mass is 410 g/mol. The fraction of sp³-hybridized carbons (Fsp3) is 0.417. The van der Waals surface area contributed by atoms with Crippen molar-refractivity contribution in [3.8, 4) is 11.5 Å². The number of carbonyl (C=O) groups is 2. The van der Waals surface area contributed by atoms with E-state index < -0.39 is 6.04 Å². The first kappa shape index (κ1) is 21.7. The lowest BCUT2D eigenvalue weighted by atomic mass is 10.1. The third-order valence-corrected chi connectivity index (χ3v) is 4.97. The quantitative estimate of drug-likeness (QED) is 0.661. The predicted molar refractivity (Wildman–Crippen MR) is 117 cm³/mol. The van der Waals surface area contributed by atoms with E-state index in [1.54, 1.807) is 29.2 Å². The average molecular weight is 411 g/mol. The van der Waals surface area contributed by atoms with Crippen molar-refractivity contribution in [2.24, 2.45) is 0 Å². The molecule has 2 aromatic rings. The zero-order valence-corrected chi connectivity index (χ0v) is 17.7. The Morgan fingerprint density at radius 2 is 1.70 bits per heavy atom. The number of ether oxygens (including phenoxy) is 2. The smallest absolute Gasteiger partial charge is 0.254 e. The molecule has 2 amide bonds. The molecule has 0 spiro atoms. The van der Waals surface area contributed by atoms with E-state index in [0.29, 0.717) is 48.9 Å². The summed E-state index contributed by atoms with van der Waals surface area (Å²) in [6.07, 6.45) is 3.24. The van der Waals surface area contributed by atoms with Crippen molar-refractivity contribution in [3.05, 3.63) is 54.1 Å². The van der Waals surface area contributed by atoms with Crippen molar-refractivity contribution in [1.82, 2.24) is 4.90 Å². The standard InChI is InChI=1S/C24H30N2O4/c1-3-15-29-21-13-12-19(17-22(21)30-16-4-2)25-23(27)20-11-8-14-26(20)24(28)18-9-6-5-7-10-18/h5-7,9-10,12-13,17,20H,3-4,8,11,14-16H2,1-2H3,(H,25,27). The number of amides is 2. The summed E-state index contributed by atoms with van der Waals surface area (Å²) in [5.41, 5.74) is 1.24. The molecule has 0 aromatic heterocycles. The summed E-state index contributed by atoms with van der Waals surface area (Å²) in [7, 11) is 0. The maximum atomic E-state index is 13.0. The molecule has 1 unspecified atom stereocenters. The molecule has 3 rings (SSSR count). The SMILES string of the molecule is CCCOc1ccc(NC(=O)C2CCCN2C(=O)c2ccccc2)cc1OCCC. The van der Waals surface area contributed by atoms with Crippen LogP contribution in [0.2, 0.25) is 0 Å². The fourth-order valence-corrected chi connectivity index (χ4v) is 3.50. The summed E-state index contributed by atoms with van der Waals surface area (Å²) in [6, 6.07) is 14.0. The number of rotatable bonds is 9. The van der Waals surface area contributed by atoms with Crippen LogP contribution < -0.4 is 14.8 Å². The summed E-state index contributed by atoms with van der Waals surface area (Å²) in [5, 5.41) is 2.95. The van der Waals surface area contributed by atoms with Crippen LogP contribution in [0.1, 0.15) is 49.9 Å². The van der Waals surface area contributed by atoms with E-state index >= 15 is 0 Å². The van der Waals surface area contributed by atoms with E-state index in [2.05, 4.69) is 5.32 Å². The minimum atomic E-state index is -0.478. The van der Waals surface area contributed by atoms with Gasteiger partial charge in [-0.15, -0.1) is 0 Å². The van der Waals surface area contributed by atoms with E-state index in [0.717, 1.165) is 19.3 Å². The Hall–Kier alpha value is -3.02. The molecular weight excluding hydrogens is 380 g/mol. The number of carbonyl (C=O) groups excluding carboxylic acids is 2. The summed E-state index contributed by atoms with van der Waals surface area (Å²) in [4.78, 5) is 27.5. The van der Waals surface area contributed by atoms with Crippen molar-refractivity contribution in [2.45, 2.75) is 45.6 Å². The molecule has 1 N–H and O–H groups in total. The normalized spacial score (nSPS) is 15.7. The molecule has 0 saturated carbocycles. The van der Waals surface area contributed by atoms with Crippen molar-refractivity contribution < 1.29 is 19.1 Å². The zero-order chi connectivity index (χ0) is 21.3. The molecule has 1 saturated heterocycles. The van der Waals surface area contributed by atoms with Gasteiger partial charge in [0.25, 0.3) is 5.91 Å². The van der Waals surface area contributed by atoms with Gasteiger partial charge in [-0.05, 0) is 49.9 Å². The van der Waals surface area contributed by atoms with Crippen LogP contribution in [-0.4, -0.2) is 42.5 Å². The molecule has 0 radical (unpaired) electrons. The Kier molecular flexibility index (Phi) is 7.71. The number of benzene rings is 2. The van der Waals surface area contributed by atoms with E-state index in [9.17, 15) is 9.59 Å². The molecule has 1 aliphatic heterocycles. The minimum absolute atomic E-state index is 0.108. The Morgan fingerprint density at radius 1 is 1.00 bits per heavy atom. The first-order valence-corrected chi connectivity index (χ1v) is 10.7. The molecule has 160 valence electrons. The number of likely N-dealkylation sites (tertiary alicyclic amines) is 1. The molecule has 30 heavy (non-hydrogen) atoms. The van der Waals surface area contributed by atoms with Crippen LogP contribution >= 0.6 is 0 Å². The molecule has 1 fully saturated rings. The van der Waals surface area contributed by atoms with Gasteiger partial charge < -0.3 is 19.7 Å². The zero-order valence-electron chi connectivity index (χ0n) is 17.7. The van der Waals surface area contributed by atoms with Crippen molar-refractivity contribution in [3.63, 3.8) is 0 Å². The average Bonchev–Trinajstić information content (AvgIpc) is 3.27. The lowest BCUT2D eigenvalue weighted by molar-refractivity contribution is -0.119. The first-order valence-electron chi connectivity index (χ1n) is 10.7. The van der Waals surface area contributed by atoms with Gasteiger partial charge in [0.1, 0.15) is 6.04 Å². The number of anilines is 1. The maximum absolute atomic E-state index is 13.0. The van der Waals surface area contributed by atoms with Crippen LogP contribution in [0.4, 0.5) is 5.69 Å². The number of hydrogen-bond donors (Lipinski definition) is 1. The van der Waals surface area contributed by atoms with Gasteiger partial charge in [-0.2, -0.15) is 0 Å². The van der Waals surface area contributed by atoms with E-state index in [-0.39, 0.29) is 11.8 Å².